The Balaban J connectivity index is 1.33. The van der Waals surface area contributed by atoms with Gasteiger partial charge in [-0.05, 0) is 66.8 Å². The van der Waals surface area contributed by atoms with Crippen LogP contribution < -0.4 is 15.4 Å². The Bertz CT molecular complexity index is 1330. The van der Waals surface area contributed by atoms with E-state index in [9.17, 15) is 14.3 Å². The molecule has 1 saturated carbocycles. The molecule has 1 aromatic heterocycles. The van der Waals surface area contributed by atoms with E-state index in [0.717, 1.165) is 49.0 Å². The van der Waals surface area contributed by atoms with Crippen molar-refractivity contribution in [3.8, 4) is 17.0 Å². The van der Waals surface area contributed by atoms with E-state index in [1.54, 1.807) is 23.0 Å². The van der Waals surface area contributed by atoms with Gasteiger partial charge >= 0.3 is 0 Å². The highest BCUT2D eigenvalue weighted by Gasteiger charge is 2.45. The van der Waals surface area contributed by atoms with Crippen LogP contribution in [0, 0.1) is 11.2 Å². The second kappa shape index (κ2) is 11.6. The Morgan fingerprint density at radius 2 is 2.00 bits per heavy atom. The van der Waals surface area contributed by atoms with E-state index in [0.29, 0.717) is 24.2 Å². The number of hydrogen-bond donors (Lipinski definition) is 3. The van der Waals surface area contributed by atoms with Crippen LogP contribution in [0.3, 0.4) is 0 Å². The van der Waals surface area contributed by atoms with Crippen LogP contribution in [0.25, 0.3) is 11.3 Å². The van der Waals surface area contributed by atoms with Crippen LogP contribution in [0.15, 0.2) is 47.3 Å². The maximum absolute atomic E-state index is 14.5. The first-order valence-electron chi connectivity index (χ1n) is 14.2. The summed E-state index contributed by atoms with van der Waals surface area (Å²) in [7, 11) is 0. The minimum absolute atomic E-state index is 0.0404. The molecule has 3 N–H and O–H groups in total. The Labute approximate surface area is 240 Å². The summed E-state index contributed by atoms with van der Waals surface area (Å²) in [6, 6.07) is 10.9. The van der Waals surface area contributed by atoms with Gasteiger partial charge in [0, 0.05) is 42.4 Å². The van der Waals surface area contributed by atoms with Crippen molar-refractivity contribution in [1.29, 1.82) is 0 Å². The van der Waals surface area contributed by atoms with Crippen molar-refractivity contribution in [2.45, 2.75) is 90.0 Å². The highest BCUT2D eigenvalue weighted by Crippen LogP contribution is 2.49. The third-order valence-corrected chi connectivity index (χ3v) is 8.56. The molecule has 2 aromatic carbocycles. The first-order chi connectivity index (χ1) is 19.0. The molecule has 2 aliphatic rings. The van der Waals surface area contributed by atoms with Crippen molar-refractivity contribution < 1.29 is 19.0 Å². The van der Waals surface area contributed by atoms with Gasteiger partial charge in [-0.3, -0.25) is 4.79 Å². The number of rotatable bonds is 9. The number of aromatic nitrogens is 1. The van der Waals surface area contributed by atoms with E-state index < -0.39 is 12.1 Å². The summed E-state index contributed by atoms with van der Waals surface area (Å²) in [4.78, 5) is 16.3. The van der Waals surface area contributed by atoms with Crippen LogP contribution in [0.5, 0.6) is 5.75 Å². The van der Waals surface area contributed by atoms with Crippen molar-refractivity contribution in [1.82, 2.24) is 15.6 Å². The molecule has 1 amide bonds. The van der Waals surface area contributed by atoms with E-state index in [1.165, 1.54) is 29.9 Å². The zero-order valence-corrected chi connectivity index (χ0v) is 24.6. The van der Waals surface area contributed by atoms with E-state index >= 15 is 0 Å². The summed E-state index contributed by atoms with van der Waals surface area (Å²) in [5, 5.41) is 19.7. The summed E-state index contributed by atoms with van der Waals surface area (Å²) in [6.45, 7) is 8.46. The summed E-state index contributed by atoms with van der Waals surface area (Å²) >= 11 is 1.41. The van der Waals surface area contributed by atoms with Crippen LogP contribution in [-0.2, 0) is 17.6 Å². The fourth-order valence-electron chi connectivity index (χ4n) is 5.95. The highest BCUT2D eigenvalue weighted by molar-refractivity contribution is 7.07. The van der Waals surface area contributed by atoms with Gasteiger partial charge in [0.25, 0.3) is 0 Å². The molecule has 0 saturated heterocycles. The molecule has 0 radical (unpaired) electrons. The van der Waals surface area contributed by atoms with Crippen LogP contribution in [0.2, 0.25) is 0 Å². The number of aliphatic hydroxyl groups excluding tert-OH is 1. The summed E-state index contributed by atoms with van der Waals surface area (Å²) in [5.74, 6) is 0.360. The number of hydrogen-bond acceptors (Lipinski definition) is 6. The van der Waals surface area contributed by atoms with Gasteiger partial charge < -0.3 is 20.5 Å². The number of aliphatic hydroxyl groups is 1. The van der Waals surface area contributed by atoms with E-state index in [4.69, 9.17) is 4.74 Å². The van der Waals surface area contributed by atoms with Gasteiger partial charge in [-0.15, -0.1) is 11.3 Å². The number of ether oxygens (including phenoxy) is 1. The molecule has 214 valence electrons. The Morgan fingerprint density at radius 1 is 1.23 bits per heavy atom. The quantitative estimate of drug-likeness (QED) is 0.297. The molecule has 6 nitrogen and oxygen atoms in total. The zero-order valence-electron chi connectivity index (χ0n) is 23.8. The van der Waals surface area contributed by atoms with E-state index in [1.807, 2.05) is 0 Å². The van der Waals surface area contributed by atoms with Crippen LogP contribution in [0.1, 0.15) is 76.1 Å². The van der Waals surface area contributed by atoms with Crippen molar-refractivity contribution in [2.75, 3.05) is 6.54 Å². The number of fused-ring (bicyclic) bond motifs is 1. The lowest BCUT2D eigenvalue weighted by Crippen LogP contribution is -2.52. The molecule has 1 aliphatic carbocycles. The number of carbonyl (C=O) groups excluding carboxylic acids is 1. The molecule has 0 unspecified atom stereocenters. The maximum Gasteiger partial charge on any atom is 0.217 e. The number of nitrogens with zero attached hydrogens (tertiary/aromatic N) is 1. The topological polar surface area (TPSA) is 83.5 Å². The van der Waals surface area contributed by atoms with Gasteiger partial charge in [0.15, 0.2) is 0 Å². The molecule has 5 rings (SSSR count). The van der Waals surface area contributed by atoms with E-state index in [-0.39, 0.29) is 28.8 Å². The van der Waals surface area contributed by atoms with Crippen LogP contribution in [-0.4, -0.2) is 40.3 Å². The van der Waals surface area contributed by atoms with Crippen LogP contribution in [0.4, 0.5) is 4.39 Å². The molecule has 2 heterocycles. The molecular weight excluding hydrogens is 525 g/mol. The number of nitrogens with one attached hydrogen (secondary N) is 2. The molecular formula is C32H40FN3O3S. The Hall–Kier alpha value is -2.81. The third-order valence-electron chi connectivity index (χ3n) is 7.97. The molecule has 0 bridgehead atoms. The smallest absolute Gasteiger partial charge is 0.217 e. The van der Waals surface area contributed by atoms with Gasteiger partial charge in [-0.25, -0.2) is 9.37 Å². The van der Waals surface area contributed by atoms with Gasteiger partial charge in [0.1, 0.15) is 17.2 Å². The number of amides is 1. The van der Waals surface area contributed by atoms with Gasteiger partial charge in [0.2, 0.25) is 5.91 Å². The molecule has 1 fully saturated rings. The minimum Gasteiger partial charge on any atom is -0.487 e. The fraction of sp³-hybridized carbons (Fsp3) is 0.500. The lowest BCUT2D eigenvalue weighted by Gasteiger charge is -2.48. The predicted molar refractivity (Wildman–Crippen MR) is 157 cm³/mol. The van der Waals surface area contributed by atoms with Crippen molar-refractivity contribution in [2.24, 2.45) is 5.41 Å². The molecule has 1 aliphatic heterocycles. The number of carbonyl (C=O) groups is 1. The summed E-state index contributed by atoms with van der Waals surface area (Å²) in [6.07, 6.45) is 4.58. The first-order valence-corrected chi connectivity index (χ1v) is 15.1. The van der Waals surface area contributed by atoms with Gasteiger partial charge in [-0.1, -0.05) is 39.0 Å². The second-order valence-electron chi connectivity index (χ2n) is 12.7. The van der Waals surface area contributed by atoms with Crippen molar-refractivity contribution in [3.05, 3.63) is 69.8 Å². The monoisotopic (exact) mass is 565 g/mol. The Kier molecular flexibility index (Phi) is 8.32. The number of benzene rings is 2. The zero-order chi connectivity index (χ0) is 28.5. The lowest BCUT2D eigenvalue weighted by molar-refractivity contribution is -0.120. The normalized spacial score (nSPS) is 19.3. The molecule has 3 atom stereocenters. The fourth-order valence-corrected chi connectivity index (χ4v) is 6.50. The van der Waals surface area contributed by atoms with Crippen LogP contribution >= 0.6 is 11.3 Å². The average Bonchev–Trinajstić information content (AvgIpc) is 3.40. The SMILES string of the molecule is CC(=O)N[C@@H](Cc1ccc(F)c(-c2cscn2)c1)[C@H](O)CN[C@H]1CC2(CCC2)Oc2ccc(CC(C)(C)C)cc21. The molecule has 1 spiro atoms. The predicted octanol–water partition coefficient (Wildman–Crippen LogP) is 5.98. The minimum atomic E-state index is -0.849. The number of thiazole rings is 1. The lowest BCUT2D eigenvalue weighted by atomic mass is 9.72. The largest absolute Gasteiger partial charge is 0.487 e. The van der Waals surface area contributed by atoms with Crippen molar-refractivity contribution >= 4 is 17.2 Å². The first kappa shape index (κ1) is 28.7. The summed E-state index contributed by atoms with van der Waals surface area (Å²) in [5.41, 5.74) is 5.93. The third kappa shape index (κ3) is 6.73. The van der Waals surface area contributed by atoms with Gasteiger partial charge in [0.05, 0.1) is 23.4 Å². The standard InChI is InChI=1S/C32H40FN3O3S/c1-20(37)36-26(14-21-6-8-25(33)23(12-21)28-18-40-19-35-28)29(38)17-34-27-16-32(10-5-11-32)39-30-9-7-22(13-24(27)30)15-31(2,3)4/h6-9,12-13,18-19,26-27,29,34,38H,5,10-11,14-17H2,1-4H3,(H,36,37)/t26-,27-,29+/m0/s1. The summed E-state index contributed by atoms with van der Waals surface area (Å²) < 4.78 is 21.0. The Morgan fingerprint density at radius 3 is 2.65 bits per heavy atom. The van der Waals surface area contributed by atoms with Crippen molar-refractivity contribution in [3.63, 3.8) is 0 Å². The second-order valence-corrected chi connectivity index (χ2v) is 13.4. The molecule has 40 heavy (non-hydrogen) atoms. The van der Waals surface area contributed by atoms with E-state index in [2.05, 4.69) is 54.6 Å². The molecule has 3 aromatic rings. The highest BCUT2D eigenvalue weighted by atomic mass is 32.1. The maximum atomic E-state index is 14.5. The average molecular weight is 566 g/mol. The number of halogens is 1. The van der Waals surface area contributed by atoms with Gasteiger partial charge in [-0.2, -0.15) is 0 Å². The molecule has 8 heteroatoms.